The number of hydrogen-bond acceptors (Lipinski definition) is 3. The molecule has 1 heterocycles. The zero-order valence-electron chi connectivity index (χ0n) is 12.7. The molecule has 7 heteroatoms. The highest BCUT2D eigenvalue weighted by Gasteiger charge is 2.47. The van der Waals surface area contributed by atoms with Crippen molar-refractivity contribution in [2.75, 3.05) is 26.7 Å². The molecule has 1 aliphatic carbocycles. The fourth-order valence-corrected chi connectivity index (χ4v) is 2.98. The van der Waals surface area contributed by atoms with Gasteiger partial charge in [-0.05, 0) is 30.0 Å². The van der Waals surface area contributed by atoms with Crippen LogP contribution in [0.5, 0.6) is 0 Å². The molecule has 0 unspecified atom stereocenters. The van der Waals surface area contributed by atoms with E-state index in [1.807, 2.05) is 0 Å². The van der Waals surface area contributed by atoms with Gasteiger partial charge in [-0.2, -0.15) is 0 Å². The van der Waals surface area contributed by atoms with Crippen molar-refractivity contribution in [3.8, 4) is 0 Å². The lowest BCUT2D eigenvalue weighted by Gasteiger charge is -2.32. The third-order valence-corrected chi connectivity index (χ3v) is 4.40. The highest BCUT2D eigenvalue weighted by molar-refractivity contribution is 5.85. The van der Waals surface area contributed by atoms with Gasteiger partial charge in [-0.1, -0.05) is 6.07 Å². The number of nitrogens with one attached hydrogen (secondary N) is 1. The lowest BCUT2D eigenvalue weighted by Crippen LogP contribution is -2.51. The van der Waals surface area contributed by atoms with Crippen LogP contribution in [-0.4, -0.2) is 49.6 Å². The van der Waals surface area contributed by atoms with Gasteiger partial charge in [0.1, 0.15) is 0 Å². The Morgan fingerprint density at radius 3 is 2.78 bits per heavy atom. The minimum atomic E-state index is -0.897. The first-order chi connectivity index (χ1) is 11.0. The average molecular weight is 324 g/mol. The smallest absolute Gasteiger partial charge is 0.250 e. The second kappa shape index (κ2) is 6.23. The summed E-state index contributed by atoms with van der Waals surface area (Å²) in [6.07, 6.45) is -0.0375. The van der Waals surface area contributed by atoms with Crippen molar-refractivity contribution in [1.82, 2.24) is 10.2 Å². The SMILES string of the molecule is CNC(=O)[C@@H]1CN(C(=O)[C@@H]2C[C@H]2c2ccc(F)c(F)c2)CCO1. The van der Waals surface area contributed by atoms with Crippen LogP contribution in [0.4, 0.5) is 8.78 Å². The summed E-state index contributed by atoms with van der Waals surface area (Å²) >= 11 is 0. The molecule has 0 spiro atoms. The monoisotopic (exact) mass is 324 g/mol. The number of likely N-dealkylation sites (N-methyl/N-ethyl adjacent to an activating group) is 1. The van der Waals surface area contributed by atoms with Crippen molar-refractivity contribution < 1.29 is 23.1 Å². The molecule has 1 aromatic rings. The first kappa shape index (κ1) is 15.9. The Balaban J connectivity index is 1.63. The van der Waals surface area contributed by atoms with Gasteiger partial charge in [0.25, 0.3) is 5.91 Å². The third-order valence-electron chi connectivity index (χ3n) is 4.40. The van der Waals surface area contributed by atoms with Crippen molar-refractivity contribution in [2.24, 2.45) is 5.92 Å². The summed E-state index contributed by atoms with van der Waals surface area (Å²) in [6.45, 7) is 0.971. The van der Waals surface area contributed by atoms with E-state index in [0.29, 0.717) is 25.1 Å². The Morgan fingerprint density at radius 1 is 1.30 bits per heavy atom. The molecule has 124 valence electrons. The van der Waals surface area contributed by atoms with E-state index in [4.69, 9.17) is 4.74 Å². The molecule has 23 heavy (non-hydrogen) atoms. The molecule has 1 aromatic carbocycles. The van der Waals surface area contributed by atoms with Crippen molar-refractivity contribution in [3.05, 3.63) is 35.4 Å². The third kappa shape index (κ3) is 3.19. The van der Waals surface area contributed by atoms with Gasteiger partial charge in [0.15, 0.2) is 17.7 Å². The highest BCUT2D eigenvalue weighted by Crippen LogP contribution is 2.48. The van der Waals surface area contributed by atoms with E-state index >= 15 is 0 Å². The maximum absolute atomic E-state index is 13.3. The van der Waals surface area contributed by atoms with E-state index in [2.05, 4.69) is 5.32 Å². The second-order valence-electron chi connectivity index (χ2n) is 5.88. The molecular weight excluding hydrogens is 306 g/mol. The van der Waals surface area contributed by atoms with Gasteiger partial charge in [0.2, 0.25) is 5.91 Å². The lowest BCUT2D eigenvalue weighted by molar-refractivity contribution is -0.147. The predicted molar refractivity (Wildman–Crippen MR) is 77.6 cm³/mol. The van der Waals surface area contributed by atoms with Crippen molar-refractivity contribution in [2.45, 2.75) is 18.4 Å². The summed E-state index contributed by atoms with van der Waals surface area (Å²) < 4.78 is 31.6. The maximum atomic E-state index is 13.3. The number of hydrogen-bond donors (Lipinski definition) is 1. The standard InChI is InChI=1S/C16H18F2N2O3/c1-19-15(21)14-8-20(4-5-23-14)16(22)11-7-10(11)9-2-3-12(17)13(18)6-9/h2-3,6,10-11,14H,4-5,7-8H2,1H3,(H,19,21)/t10-,11+,14-/m0/s1. The van der Waals surface area contributed by atoms with Crippen LogP contribution in [0.2, 0.25) is 0 Å². The minimum absolute atomic E-state index is 0.0584. The number of amides is 2. The summed E-state index contributed by atoms with van der Waals surface area (Å²) in [7, 11) is 1.52. The molecule has 1 saturated carbocycles. The largest absolute Gasteiger partial charge is 0.365 e. The fraction of sp³-hybridized carbons (Fsp3) is 0.500. The maximum Gasteiger partial charge on any atom is 0.250 e. The van der Waals surface area contributed by atoms with Crippen molar-refractivity contribution in [1.29, 1.82) is 0 Å². The number of benzene rings is 1. The van der Waals surface area contributed by atoms with Gasteiger partial charge in [-0.25, -0.2) is 8.78 Å². The quantitative estimate of drug-likeness (QED) is 0.904. The van der Waals surface area contributed by atoms with E-state index in [1.165, 1.54) is 13.1 Å². The topological polar surface area (TPSA) is 58.6 Å². The van der Waals surface area contributed by atoms with Gasteiger partial charge >= 0.3 is 0 Å². The number of halogens is 2. The van der Waals surface area contributed by atoms with Crippen LogP contribution in [0.15, 0.2) is 18.2 Å². The highest BCUT2D eigenvalue weighted by atomic mass is 19.2. The zero-order valence-corrected chi connectivity index (χ0v) is 12.7. The molecule has 1 saturated heterocycles. The number of morpholine rings is 1. The number of nitrogens with zero attached hydrogens (tertiary/aromatic N) is 1. The second-order valence-corrected chi connectivity index (χ2v) is 5.88. The summed E-state index contributed by atoms with van der Waals surface area (Å²) in [6, 6.07) is 3.75. The molecule has 0 aromatic heterocycles. The average Bonchev–Trinajstić information content (AvgIpc) is 3.36. The molecule has 1 aliphatic heterocycles. The Bertz CT molecular complexity index is 638. The first-order valence-electron chi connectivity index (χ1n) is 7.58. The molecule has 2 amide bonds. The van der Waals surface area contributed by atoms with Gasteiger partial charge in [-0.15, -0.1) is 0 Å². The number of rotatable bonds is 3. The normalized spacial score (nSPS) is 26.7. The Morgan fingerprint density at radius 2 is 2.09 bits per heavy atom. The lowest BCUT2D eigenvalue weighted by atomic mass is 10.1. The van der Waals surface area contributed by atoms with Gasteiger partial charge in [-0.3, -0.25) is 9.59 Å². The molecule has 2 fully saturated rings. The van der Waals surface area contributed by atoms with Crippen LogP contribution in [0, 0.1) is 17.6 Å². The van der Waals surface area contributed by atoms with E-state index in [1.54, 1.807) is 4.90 Å². The van der Waals surface area contributed by atoms with Gasteiger partial charge < -0.3 is 15.0 Å². The van der Waals surface area contributed by atoms with Crippen LogP contribution in [0.1, 0.15) is 17.9 Å². The number of ether oxygens (including phenoxy) is 1. The van der Waals surface area contributed by atoms with E-state index in [0.717, 1.165) is 12.1 Å². The van der Waals surface area contributed by atoms with Crippen LogP contribution in [0.25, 0.3) is 0 Å². The Hall–Kier alpha value is -2.02. The Labute approximate surface area is 132 Å². The van der Waals surface area contributed by atoms with E-state index in [9.17, 15) is 18.4 Å². The van der Waals surface area contributed by atoms with Crippen LogP contribution < -0.4 is 5.32 Å². The molecule has 0 bridgehead atoms. The summed E-state index contributed by atoms with van der Waals surface area (Å²) in [4.78, 5) is 25.8. The molecule has 3 rings (SSSR count). The fourth-order valence-electron chi connectivity index (χ4n) is 2.98. The van der Waals surface area contributed by atoms with Gasteiger partial charge in [0, 0.05) is 19.5 Å². The minimum Gasteiger partial charge on any atom is -0.365 e. The molecule has 0 radical (unpaired) electrons. The van der Waals surface area contributed by atoms with E-state index in [-0.39, 0.29) is 30.2 Å². The van der Waals surface area contributed by atoms with Crippen LogP contribution >= 0.6 is 0 Å². The summed E-state index contributed by atoms with van der Waals surface area (Å²) in [5.74, 6) is -2.42. The van der Waals surface area contributed by atoms with Gasteiger partial charge in [0.05, 0.1) is 13.2 Å². The molecule has 3 atom stereocenters. The molecule has 2 aliphatic rings. The zero-order chi connectivity index (χ0) is 16.6. The number of carbonyl (C=O) groups excluding carboxylic acids is 2. The predicted octanol–water partition coefficient (Wildman–Crippen LogP) is 1.04. The van der Waals surface area contributed by atoms with Crippen molar-refractivity contribution >= 4 is 11.8 Å². The van der Waals surface area contributed by atoms with Crippen LogP contribution in [0.3, 0.4) is 0 Å². The number of carbonyl (C=O) groups is 2. The molecule has 5 nitrogen and oxygen atoms in total. The molecule has 1 N–H and O–H groups in total. The summed E-state index contributed by atoms with van der Waals surface area (Å²) in [5.41, 5.74) is 0.637. The van der Waals surface area contributed by atoms with E-state index < -0.39 is 17.7 Å². The Kier molecular flexibility index (Phi) is 4.30. The van der Waals surface area contributed by atoms with Crippen LogP contribution in [-0.2, 0) is 14.3 Å². The first-order valence-corrected chi connectivity index (χ1v) is 7.58. The van der Waals surface area contributed by atoms with Crippen molar-refractivity contribution in [3.63, 3.8) is 0 Å². The summed E-state index contributed by atoms with van der Waals surface area (Å²) in [5, 5.41) is 2.51. The molecular formula is C16H18F2N2O3.